The van der Waals surface area contributed by atoms with Gasteiger partial charge in [-0.25, -0.2) is 0 Å². The van der Waals surface area contributed by atoms with Gasteiger partial charge in [-0.05, 0) is 60.7 Å². The molecule has 1 atom stereocenters. The summed E-state index contributed by atoms with van der Waals surface area (Å²) >= 11 is 0. The lowest BCUT2D eigenvalue weighted by Crippen LogP contribution is -2.42. The van der Waals surface area contributed by atoms with Crippen molar-refractivity contribution in [1.29, 1.82) is 0 Å². The zero-order valence-corrected chi connectivity index (χ0v) is 24.2. The van der Waals surface area contributed by atoms with Gasteiger partial charge in [-0.3, -0.25) is 14.5 Å². The highest BCUT2D eigenvalue weighted by molar-refractivity contribution is 6.46. The zero-order valence-electron chi connectivity index (χ0n) is 24.2. The minimum Gasteiger partial charge on any atom is -0.507 e. The molecule has 2 heterocycles. The van der Waals surface area contributed by atoms with E-state index >= 15 is 0 Å². The van der Waals surface area contributed by atoms with E-state index in [9.17, 15) is 14.7 Å². The number of aryl methyl sites for hydroxylation is 1. The number of benzene rings is 2. The fraction of sp³-hybridized carbons (Fsp3) is 0.500. The Morgan fingerprint density at radius 2 is 1.77 bits per heavy atom. The monoisotopic (exact) mass is 550 g/mol. The average Bonchev–Trinajstić information content (AvgIpc) is 3.21. The number of aliphatic hydroxyl groups excluding tert-OH is 1. The summed E-state index contributed by atoms with van der Waals surface area (Å²) in [5.74, 6) is 0.382. The van der Waals surface area contributed by atoms with Crippen molar-refractivity contribution in [3.8, 4) is 11.5 Å². The van der Waals surface area contributed by atoms with Crippen LogP contribution in [0.25, 0.3) is 5.76 Å². The molecule has 0 radical (unpaired) electrons. The van der Waals surface area contributed by atoms with Gasteiger partial charge in [-0.2, -0.15) is 0 Å². The van der Waals surface area contributed by atoms with E-state index in [4.69, 9.17) is 14.2 Å². The molecule has 4 rings (SSSR count). The molecule has 2 aromatic rings. The molecule has 8 heteroatoms. The smallest absolute Gasteiger partial charge is 0.295 e. The first-order chi connectivity index (χ1) is 19.3. The number of ketones is 1. The van der Waals surface area contributed by atoms with Gasteiger partial charge in [0.15, 0.2) is 0 Å². The number of likely N-dealkylation sites (tertiary alicyclic amines) is 1. The highest BCUT2D eigenvalue weighted by Gasteiger charge is 2.46. The largest absolute Gasteiger partial charge is 0.507 e. The Hall–Kier alpha value is -3.36. The number of unbranched alkanes of at least 4 members (excludes halogenated alkanes) is 1. The van der Waals surface area contributed by atoms with E-state index < -0.39 is 17.7 Å². The Balaban J connectivity index is 1.67. The Kier molecular flexibility index (Phi) is 10.2. The van der Waals surface area contributed by atoms with Crippen molar-refractivity contribution in [2.24, 2.45) is 5.92 Å². The molecule has 1 unspecified atom stereocenters. The van der Waals surface area contributed by atoms with E-state index in [1.165, 1.54) is 0 Å². The number of Topliss-reactive ketones (excluding diaryl/α,β-unsaturated/α-hetero) is 1. The number of carbonyl (C=O) groups is 2. The first-order valence-corrected chi connectivity index (χ1v) is 14.3. The Morgan fingerprint density at radius 3 is 2.42 bits per heavy atom. The third-order valence-electron chi connectivity index (χ3n) is 7.28. The van der Waals surface area contributed by atoms with Gasteiger partial charge in [0, 0.05) is 31.7 Å². The van der Waals surface area contributed by atoms with Gasteiger partial charge in [0.25, 0.3) is 11.7 Å². The van der Waals surface area contributed by atoms with E-state index in [1.54, 1.807) is 23.1 Å². The van der Waals surface area contributed by atoms with Crippen LogP contribution in [-0.2, 0) is 14.3 Å². The van der Waals surface area contributed by atoms with Crippen LogP contribution in [0.4, 0.5) is 0 Å². The molecule has 40 heavy (non-hydrogen) atoms. The molecule has 2 aromatic carbocycles. The van der Waals surface area contributed by atoms with E-state index in [2.05, 4.69) is 25.7 Å². The van der Waals surface area contributed by atoms with Gasteiger partial charge in [0.1, 0.15) is 17.3 Å². The Morgan fingerprint density at radius 1 is 1.05 bits per heavy atom. The minimum atomic E-state index is -0.706. The molecule has 0 aliphatic carbocycles. The summed E-state index contributed by atoms with van der Waals surface area (Å²) in [6.45, 7) is 13.2. The van der Waals surface area contributed by atoms with Gasteiger partial charge >= 0.3 is 0 Å². The lowest BCUT2D eigenvalue weighted by molar-refractivity contribution is -0.140. The van der Waals surface area contributed by atoms with Gasteiger partial charge in [0.2, 0.25) is 0 Å². The maximum Gasteiger partial charge on any atom is 0.295 e. The summed E-state index contributed by atoms with van der Waals surface area (Å²) in [7, 11) is 0. The van der Waals surface area contributed by atoms with Crippen LogP contribution in [0.15, 0.2) is 48.0 Å². The molecule has 0 aromatic heterocycles. The molecular formula is C32H42N2O6. The van der Waals surface area contributed by atoms with Crippen molar-refractivity contribution in [1.82, 2.24) is 9.80 Å². The second-order valence-corrected chi connectivity index (χ2v) is 10.9. The summed E-state index contributed by atoms with van der Waals surface area (Å²) in [6, 6.07) is 12.1. The number of aliphatic hydroxyl groups is 1. The first-order valence-electron chi connectivity index (χ1n) is 14.3. The molecule has 0 spiro atoms. The van der Waals surface area contributed by atoms with Crippen LogP contribution in [0.5, 0.6) is 11.5 Å². The number of hydrogen-bond donors (Lipinski definition) is 1. The van der Waals surface area contributed by atoms with E-state index in [1.807, 2.05) is 31.2 Å². The van der Waals surface area contributed by atoms with E-state index in [0.717, 1.165) is 48.6 Å². The van der Waals surface area contributed by atoms with Crippen LogP contribution in [0.2, 0.25) is 0 Å². The molecule has 2 fully saturated rings. The van der Waals surface area contributed by atoms with Gasteiger partial charge < -0.3 is 24.2 Å². The van der Waals surface area contributed by atoms with Crippen molar-refractivity contribution in [2.75, 3.05) is 52.6 Å². The third-order valence-corrected chi connectivity index (χ3v) is 7.28. The summed E-state index contributed by atoms with van der Waals surface area (Å²) < 4.78 is 17.2. The lowest BCUT2D eigenvalue weighted by atomic mass is 9.94. The molecule has 216 valence electrons. The normalized spacial score (nSPS) is 19.4. The van der Waals surface area contributed by atoms with E-state index in [-0.39, 0.29) is 11.3 Å². The number of nitrogens with zero attached hydrogens (tertiary/aromatic N) is 2. The van der Waals surface area contributed by atoms with Crippen LogP contribution < -0.4 is 9.47 Å². The average molecular weight is 551 g/mol. The predicted octanol–water partition coefficient (Wildman–Crippen LogP) is 4.96. The molecule has 1 amide bonds. The fourth-order valence-corrected chi connectivity index (χ4v) is 4.98. The van der Waals surface area contributed by atoms with Crippen molar-refractivity contribution in [3.63, 3.8) is 0 Å². The maximum absolute atomic E-state index is 13.4. The molecule has 1 N–H and O–H groups in total. The van der Waals surface area contributed by atoms with Gasteiger partial charge in [-0.15, -0.1) is 0 Å². The van der Waals surface area contributed by atoms with Crippen molar-refractivity contribution in [3.05, 3.63) is 64.7 Å². The van der Waals surface area contributed by atoms with Gasteiger partial charge in [0.05, 0.1) is 38.0 Å². The number of ether oxygens (including phenoxy) is 3. The van der Waals surface area contributed by atoms with Crippen LogP contribution in [0.3, 0.4) is 0 Å². The summed E-state index contributed by atoms with van der Waals surface area (Å²) in [6.07, 6.45) is 2.00. The van der Waals surface area contributed by atoms with Crippen LogP contribution in [-0.4, -0.2) is 79.2 Å². The topological polar surface area (TPSA) is 88.5 Å². The standard InChI is InChI=1S/C32H42N2O6/c1-5-6-17-39-26-10-7-24(8-11-26)29-28(30(35)25-9-12-27(23(4)20-25)40-21-22(2)3)31(36)32(37)34(29)14-13-33-15-18-38-19-16-33/h7-12,20,22,29,35H,5-6,13-19,21H2,1-4H3/b30-28+. The predicted molar refractivity (Wildman–Crippen MR) is 155 cm³/mol. The molecular weight excluding hydrogens is 508 g/mol. The molecule has 8 nitrogen and oxygen atoms in total. The zero-order chi connectivity index (χ0) is 28.6. The Bertz CT molecular complexity index is 1200. The lowest BCUT2D eigenvalue weighted by Gasteiger charge is -2.31. The third kappa shape index (κ3) is 7.04. The first kappa shape index (κ1) is 29.6. The van der Waals surface area contributed by atoms with Crippen LogP contribution >= 0.6 is 0 Å². The summed E-state index contributed by atoms with van der Waals surface area (Å²) in [5.41, 5.74) is 2.17. The van der Waals surface area contributed by atoms with Crippen LogP contribution in [0, 0.1) is 12.8 Å². The maximum atomic E-state index is 13.4. The van der Waals surface area contributed by atoms with Crippen molar-refractivity contribution < 1.29 is 28.9 Å². The van der Waals surface area contributed by atoms with Crippen molar-refractivity contribution >= 4 is 17.4 Å². The number of hydrogen-bond acceptors (Lipinski definition) is 7. The summed E-state index contributed by atoms with van der Waals surface area (Å²) in [4.78, 5) is 30.6. The Labute approximate surface area is 237 Å². The number of carbonyl (C=O) groups excluding carboxylic acids is 2. The minimum absolute atomic E-state index is 0.0990. The second kappa shape index (κ2) is 13.8. The molecule has 2 aliphatic rings. The highest BCUT2D eigenvalue weighted by Crippen LogP contribution is 2.40. The molecule has 0 saturated carbocycles. The molecule has 0 bridgehead atoms. The van der Waals surface area contributed by atoms with E-state index in [0.29, 0.717) is 51.0 Å². The SMILES string of the molecule is CCCCOc1ccc(C2/C(=C(\O)c3ccc(OCC(C)C)c(C)c3)C(=O)C(=O)N2CCN2CCOCC2)cc1. The fourth-order valence-electron chi connectivity index (χ4n) is 4.98. The van der Waals surface area contributed by atoms with Crippen LogP contribution in [0.1, 0.15) is 56.3 Å². The number of morpholine rings is 1. The molecule has 2 aliphatic heterocycles. The number of rotatable bonds is 12. The highest BCUT2D eigenvalue weighted by atomic mass is 16.5. The van der Waals surface area contributed by atoms with Gasteiger partial charge in [-0.1, -0.05) is 39.3 Å². The molecule has 2 saturated heterocycles. The summed E-state index contributed by atoms with van der Waals surface area (Å²) in [5, 5.41) is 11.5. The van der Waals surface area contributed by atoms with Crippen molar-refractivity contribution in [2.45, 2.75) is 46.6 Å². The quantitative estimate of drug-likeness (QED) is 0.173. The number of amides is 1. The second-order valence-electron chi connectivity index (χ2n) is 10.9.